The van der Waals surface area contributed by atoms with Gasteiger partial charge in [0.05, 0.1) is 11.8 Å². The molecule has 4 rings (SSSR count). The van der Waals surface area contributed by atoms with Gasteiger partial charge in [-0.2, -0.15) is 5.10 Å². The quantitative estimate of drug-likeness (QED) is 0.896. The summed E-state index contributed by atoms with van der Waals surface area (Å²) in [7, 11) is 0. The molecular formula is C18H23N3OS. The first-order chi connectivity index (χ1) is 11.2. The maximum Gasteiger partial charge on any atom is 0.254 e. The highest BCUT2D eigenvalue weighted by Crippen LogP contribution is 2.37. The van der Waals surface area contributed by atoms with Crippen LogP contribution in [0.5, 0.6) is 0 Å². The molecule has 0 bridgehead atoms. The Morgan fingerprint density at radius 3 is 2.96 bits per heavy atom. The Hall–Kier alpha value is -1.62. The van der Waals surface area contributed by atoms with Crippen molar-refractivity contribution in [2.45, 2.75) is 51.5 Å². The number of nitrogens with one attached hydrogen (secondary N) is 1. The van der Waals surface area contributed by atoms with E-state index in [9.17, 15) is 4.79 Å². The van der Waals surface area contributed by atoms with Crippen LogP contribution in [0.25, 0.3) is 10.4 Å². The van der Waals surface area contributed by atoms with Crippen molar-refractivity contribution >= 4 is 17.2 Å². The van der Waals surface area contributed by atoms with Gasteiger partial charge in [0, 0.05) is 34.1 Å². The first-order valence-electron chi connectivity index (χ1n) is 8.64. The van der Waals surface area contributed by atoms with Crippen molar-refractivity contribution < 1.29 is 4.79 Å². The van der Waals surface area contributed by atoms with Crippen molar-refractivity contribution in [1.29, 1.82) is 0 Å². The summed E-state index contributed by atoms with van der Waals surface area (Å²) in [5.74, 6) is 0.959. The zero-order chi connectivity index (χ0) is 15.8. The topological polar surface area (TPSA) is 49.0 Å². The van der Waals surface area contributed by atoms with Crippen LogP contribution in [0.1, 0.15) is 54.6 Å². The number of carbonyl (C=O) groups is 1. The first kappa shape index (κ1) is 14.9. The van der Waals surface area contributed by atoms with Crippen molar-refractivity contribution in [2.24, 2.45) is 5.92 Å². The van der Waals surface area contributed by atoms with E-state index in [0.717, 1.165) is 40.6 Å². The number of H-pyrrole nitrogens is 1. The number of aromatic nitrogens is 2. The molecule has 2 aromatic rings. The van der Waals surface area contributed by atoms with E-state index < -0.39 is 0 Å². The maximum absolute atomic E-state index is 13.0. The maximum atomic E-state index is 13.0. The number of aromatic amines is 1. The second kappa shape index (κ2) is 6.11. The predicted molar refractivity (Wildman–Crippen MR) is 92.7 cm³/mol. The minimum absolute atomic E-state index is 0.227. The third-order valence-corrected chi connectivity index (χ3v) is 6.41. The molecule has 2 aliphatic rings. The molecule has 1 N–H and O–H groups in total. The number of thiophene rings is 1. The normalized spacial score (nSPS) is 24.5. The average Bonchev–Trinajstić information content (AvgIpc) is 3.22. The molecule has 1 amide bonds. The van der Waals surface area contributed by atoms with E-state index in [1.807, 2.05) is 24.6 Å². The minimum Gasteiger partial charge on any atom is -0.335 e. The number of likely N-dealkylation sites (tertiary alicyclic amines) is 1. The second-order valence-corrected chi connectivity index (χ2v) is 7.77. The van der Waals surface area contributed by atoms with E-state index in [1.165, 1.54) is 32.1 Å². The molecule has 4 nitrogen and oxygen atoms in total. The van der Waals surface area contributed by atoms with Crippen LogP contribution in [0.2, 0.25) is 0 Å². The molecule has 2 atom stereocenters. The van der Waals surface area contributed by atoms with E-state index in [1.54, 1.807) is 11.3 Å². The highest BCUT2D eigenvalue weighted by Gasteiger charge is 2.36. The number of carbonyl (C=O) groups excluding carboxylic acids is 1. The molecule has 1 unspecified atom stereocenters. The third-order valence-electron chi connectivity index (χ3n) is 5.45. The summed E-state index contributed by atoms with van der Waals surface area (Å²) >= 11 is 1.64. The molecule has 0 aromatic carbocycles. The highest BCUT2D eigenvalue weighted by molar-refractivity contribution is 7.13. The lowest BCUT2D eigenvalue weighted by atomic mass is 9.78. The minimum atomic E-state index is 0.227. The summed E-state index contributed by atoms with van der Waals surface area (Å²) in [5.41, 5.74) is 3.00. The number of piperidine rings is 1. The lowest BCUT2D eigenvalue weighted by Gasteiger charge is -2.44. The van der Waals surface area contributed by atoms with E-state index in [2.05, 4.69) is 15.1 Å². The molecule has 1 saturated heterocycles. The number of amides is 1. The van der Waals surface area contributed by atoms with Crippen molar-refractivity contribution in [1.82, 2.24) is 15.1 Å². The zero-order valence-electron chi connectivity index (χ0n) is 13.5. The predicted octanol–water partition coefficient (Wildman–Crippen LogP) is 4.24. The van der Waals surface area contributed by atoms with Gasteiger partial charge < -0.3 is 4.90 Å². The Morgan fingerprint density at radius 2 is 2.13 bits per heavy atom. The fourth-order valence-electron chi connectivity index (χ4n) is 4.23. The number of rotatable bonds is 2. The zero-order valence-corrected chi connectivity index (χ0v) is 14.4. The van der Waals surface area contributed by atoms with Gasteiger partial charge in [-0.3, -0.25) is 9.89 Å². The van der Waals surface area contributed by atoms with Crippen LogP contribution in [-0.2, 0) is 0 Å². The van der Waals surface area contributed by atoms with Gasteiger partial charge in [0.2, 0.25) is 0 Å². The molecule has 0 radical (unpaired) electrons. The number of aryl methyl sites for hydroxylation is 1. The molecule has 23 heavy (non-hydrogen) atoms. The van der Waals surface area contributed by atoms with Gasteiger partial charge >= 0.3 is 0 Å². The fraction of sp³-hybridized carbons (Fsp3) is 0.556. The molecule has 0 spiro atoms. The fourth-order valence-corrected chi connectivity index (χ4v) is 5.18. The van der Waals surface area contributed by atoms with Crippen LogP contribution < -0.4 is 0 Å². The molecule has 5 heteroatoms. The molecule has 3 heterocycles. The third kappa shape index (κ3) is 2.71. The van der Waals surface area contributed by atoms with Crippen LogP contribution >= 0.6 is 11.3 Å². The summed E-state index contributed by atoms with van der Waals surface area (Å²) in [5, 5.41) is 9.06. The number of hydrogen-bond donors (Lipinski definition) is 1. The molecule has 2 fully saturated rings. The molecule has 2 aromatic heterocycles. The van der Waals surface area contributed by atoms with Gasteiger partial charge in [-0.1, -0.05) is 12.8 Å². The summed E-state index contributed by atoms with van der Waals surface area (Å²) in [6.07, 6.45) is 9.40. The average molecular weight is 329 g/mol. The summed E-state index contributed by atoms with van der Waals surface area (Å²) in [6.45, 7) is 2.94. The Morgan fingerprint density at radius 1 is 1.30 bits per heavy atom. The van der Waals surface area contributed by atoms with Gasteiger partial charge in [0.15, 0.2) is 0 Å². The van der Waals surface area contributed by atoms with E-state index in [4.69, 9.17) is 0 Å². The number of hydrogen-bond acceptors (Lipinski definition) is 3. The van der Waals surface area contributed by atoms with Crippen LogP contribution in [0.4, 0.5) is 0 Å². The molecule has 1 aliphatic heterocycles. The smallest absolute Gasteiger partial charge is 0.254 e. The van der Waals surface area contributed by atoms with Gasteiger partial charge in [0.1, 0.15) is 0 Å². The summed E-state index contributed by atoms with van der Waals surface area (Å²) in [4.78, 5) is 16.3. The largest absolute Gasteiger partial charge is 0.335 e. The standard InChI is InChI=1S/C18H23N3OS/c1-12-15(10-19-20-12)17-9-14(11-23-17)18(22)21-8-4-6-13-5-2-3-7-16(13)21/h9-11,13,16H,2-8H2,1H3,(H,19,20)/t13-,16?/m1/s1. The van der Waals surface area contributed by atoms with Crippen molar-refractivity contribution in [3.05, 3.63) is 28.9 Å². The summed E-state index contributed by atoms with van der Waals surface area (Å²) < 4.78 is 0. The second-order valence-electron chi connectivity index (χ2n) is 6.86. The van der Waals surface area contributed by atoms with Gasteiger partial charge in [-0.05, 0) is 44.6 Å². The molecule has 1 saturated carbocycles. The van der Waals surface area contributed by atoms with E-state index in [0.29, 0.717) is 6.04 Å². The Bertz CT molecular complexity index is 703. The lowest BCUT2D eigenvalue weighted by molar-refractivity contribution is 0.0391. The van der Waals surface area contributed by atoms with E-state index in [-0.39, 0.29) is 5.91 Å². The van der Waals surface area contributed by atoms with E-state index >= 15 is 0 Å². The molecular weight excluding hydrogens is 306 g/mol. The highest BCUT2D eigenvalue weighted by atomic mass is 32.1. The first-order valence-corrected chi connectivity index (χ1v) is 9.52. The van der Waals surface area contributed by atoms with Crippen LogP contribution in [0.3, 0.4) is 0 Å². The van der Waals surface area contributed by atoms with Crippen LogP contribution in [0, 0.1) is 12.8 Å². The SMILES string of the molecule is Cc1[nH]ncc1-c1cc(C(=O)N2CCC[C@H]3CCCCC32)cs1. The Labute approximate surface area is 140 Å². The number of nitrogens with zero attached hydrogens (tertiary/aromatic N) is 2. The van der Waals surface area contributed by atoms with Crippen molar-refractivity contribution in [2.75, 3.05) is 6.54 Å². The van der Waals surface area contributed by atoms with Crippen LogP contribution in [-0.4, -0.2) is 33.6 Å². The van der Waals surface area contributed by atoms with Crippen LogP contribution in [0.15, 0.2) is 17.6 Å². The van der Waals surface area contributed by atoms with Gasteiger partial charge in [0.25, 0.3) is 5.91 Å². The lowest BCUT2D eigenvalue weighted by Crippen LogP contribution is -2.49. The van der Waals surface area contributed by atoms with Crippen molar-refractivity contribution in [3.8, 4) is 10.4 Å². The van der Waals surface area contributed by atoms with Crippen molar-refractivity contribution in [3.63, 3.8) is 0 Å². The molecule has 1 aliphatic carbocycles. The molecule has 122 valence electrons. The number of fused-ring (bicyclic) bond motifs is 1. The van der Waals surface area contributed by atoms with Gasteiger partial charge in [-0.15, -0.1) is 11.3 Å². The monoisotopic (exact) mass is 329 g/mol. The van der Waals surface area contributed by atoms with Gasteiger partial charge in [-0.25, -0.2) is 0 Å². The Kier molecular flexibility index (Phi) is 3.97. The summed E-state index contributed by atoms with van der Waals surface area (Å²) in [6, 6.07) is 2.51. The Balaban J connectivity index is 1.57.